The minimum atomic E-state index is -0.458. The fourth-order valence-electron chi connectivity index (χ4n) is 1.98. The first-order valence-electron chi connectivity index (χ1n) is 6.99. The maximum Gasteiger partial charge on any atom is 0.234 e. The number of benzene rings is 2. The van der Waals surface area contributed by atoms with Crippen LogP contribution in [0.2, 0.25) is 10.0 Å². The molecule has 0 atom stereocenters. The smallest absolute Gasteiger partial charge is 0.234 e. The van der Waals surface area contributed by atoms with Gasteiger partial charge in [0.1, 0.15) is 24.6 Å². The predicted octanol–water partition coefficient (Wildman–Crippen LogP) is 4.24. The molecule has 124 valence electrons. The molecule has 1 N–H and O–H groups in total. The van der Waals surface area contributed by atoms with Crippen molar-refractivity contribution in [3.05, 3.63) is 63.4 Å². The number of halogens is 3. The second kappa shape index (κ2) is 8.53. The first-order chi connectivity index (χ1) is 11.5. The van der Waals surface area contributed by atoms with Gasteiger partial charge in [-0.2, -0.15) is 5.26 Å². The van der Waals surface area contributed by atoms with Crippen LogP contribution in [0.25, 0.3) is 0 Å². The van der Waals surface area contributed by atoms with Crippen LogP contribution in [0, 0.1) is 17.1 Å². The molecular weight excluding hydrogens is 354 g/mol. The predicted molar refractivity (Wildman–Crippen MR) is 89.3 cm³/mol. The van der Waals surface area contributed by atoms with Crippen molar-refractivity contribution in [2.24, 2.45) is 0 Å². The van der Waals surface area contributed by atoms with Crippen molar-refractivity contribution in [3.8, 4) is 11.8 Å². The highest BCUT2D eigenvalue weighted by atomic mass is 35.5. The number of rotatable bonds is 6. The second-order valence-electron chi connectivity index (χ2n) is 4.85. The van der Waals surface area contributed by atoms with Crippen LogP contribution in [0.5, 0.6) is 5.75 Å². The summed E-state index contributed by atoms with van der Waals surface area (Å²) in [7, 11) is 0. The summed E-state index contributed by atoms with van der Waals surface area (Å²) < 4.78 is 19.4. The van der Waals surface area contributed by atoms with E-state index in [9.17, 15) is 9.18 Å². The Labute approximate surface area is 148 Å². The number of carbonyl (C=O) groups excluding carboxylic acids is 1. The molecule has 2 rings (SSSR count). The summed E-state index contributed by atoms with van der Waals surface area (Å²) in [5, 5.41) is 11.8. The Kier molecular flexibility index (Phi) is 6.42. The van der Waals surface area contributed by atoms with Gasteiger partial charge in [0, 0.05) is 22.7 Å². The molecule has 0 aliphatic carbocycles. The van der Waals surface area contributed by atoms with Gasteiger partial charge in [0.25, 0.3) is 0 Å². The second-order valence-corrected chi connectivity index (χ2v) is 5.70. The normalized spacial score (nSPS) is 10.1. The third kappa shape index (κ3) is 4.85. The molecule has 0 saturated carbocycles. The molecule has 0 bridgehead atoms. The number of hydrogen-bond acceptors (Lipinski definition) is 3. The molecule has 1 amide bonds. The lowest BCUT2D eigenvalue weighted by Crippen LogP contribution is -2.22. The van der Waals surface area contributed by atoms with Crippen LogP contribution in [0.3, 0.4) is 0 Å². The SMILES string of the molecule is N#CCC(=O)NCc1cc(Cl)ccc1OCc1c(F)cccc1Cl. The molecule has 24 heavy (non-hydrogen) atoms. The van der Waals surface area contributed by atoms with Gasteiger partial charge in [0.05, 0.1) is 11.1 Å². The molecule has 0 unspecified atom stereocenters. The maximum atomic E-state index is 13.8. The Balaban J connectivity index is 2.12. The molecule has 2 aromatic rings. The third-order valence-corrected chi connectivity index (χ3v) is 3.76. The summed E-state index contributed by atoms with van der Waals surface area (Å²) >= 11 is 11.9. The number of hydrogen-bond donors (Lipinski definition) is 1. The quantitative estimate of drug-likeness (QED) is 0.831. The summed E-state index contributed by atoms with van der Waals surface area (Å²) in [6.45, 7) is 0.0771. The minimum absolute atomic E-state index is 0.0632. The molecule has 0 aliphatic heterocycles. The van der Waals surface area contributed by atoms with Crippen molar-refractivity contribution in [2.75, 3.05) is 0 Å². The fraction of sp³-hybridized carbons (Fsp3) is 0.176. The van der Waals surface area contributed by atoms with Crippen LogP contribution >= 0.6 is 23.2 Å². The Morgan fingerprint density at radius 3 is 2.79 bits per heavy atom. The van der Waals surface area contributed by atoms with Crippen molar-refractivity contribution < 1.29 is 13.9 Å². The van der Waals surface area contributed by atoms with Gasteiger partial charge in [-0.15, -0.1) is 0 Å². The van der Waals surface area contributed by atoms with E-state index in [0.29, 0.717) is 16.3 Å². The van der Waals surface area contributed by atoms with Crippen molar-refractivity contribution >= 4 is 29.1 Å². The molecule has 0 fully saturated rings. The molecule has 0 aliphatic rings. The van der Waals surface area contributed by atoms with E-state index in [4.69, 9.17) is 33.2 Å². The topological polar surface area (TPSA) is 62.1 Å². The van der Waals surface area contributed by atoms with E-state index in [1.165, 1.54) is 12.1 Å². The molecule has 0 heterocycles. The van der Waals surface area contributed by atoms with Gasteiger partial charge in [-0.1, -0.05) is 29.3 Å². The first kappa shape index (κ1) is 18.1. The molecule has 7 heteroatoms. The summed E-state index contributed by atoms with van der Waals surface area (Å²) in [4.78, 5) is 11.4. The zero-order valence-electron chi connectivity index (χ0n) is 12.5. The number of amides is 1. The summed E-state index contributed by atoms with van der Waals surface area (Å²) in [5.41, 5.74) is 0.856. The lowest BCUT2D eigenvalue weighted by Gasteiger charge is -2.13. The summed E-state index contributed by atoms with van der Waals surface area (Å²) in [5.74, 6) is -0.420. The fourth-order valence-corrected chi connectivity index (χ4v) is 2.39. The van der Waals surface area contributed by atoms with E-state index < -0.39 is 11.7 Å². The van der Waals surface area contributed by atoms with Gasteiger partial charge in [-0.05, 0) is 30.3 Å². The average Bonchev–Trinajstić information content (AvgIpc) is 2.54. The summed E-state index contributed by atoms with van der Waals surface area (Å²) in [6, 6.07) is 11.0. The van der Waals surface area contributed by atoms with Gasteiger partial charge in [-0.3, -0.25) is 4.79 Å². The Hall–Kier alpha value is -2.29. The third-order valence-electron chi connectivity index (χ3n) is 3.17. The highest BCUT2D eigenvalue weighted by Crippen LogP contribution is 2.26. The van der Waals surface area contributed by atoms with E-state index in [2.05, 4.69) is 5.32 Å². The van der Waals surface area contributed by atoms with Crippen LogP contribution in [-0.4, -0.2) is 5.91 Å². The van der Waals surface area contributed by atoms with E-state index >= 15 is 0 Å². The molecular formula is C17H13Cl2FN2O2. The van der Waals surface area contributed by atoms with Crippen molar-refractivity contribution in [3.63, 3.8) is 0 Å². The Morgan fingerprint density at radius 2 is 2.08 bits per heavy atom. The van der Waals surface area contributed by atoms with Crippen molar-refractivity contribution in [2.45, 2.75) is 19.6 Å². The lowest BCUT2D eigenvalue weighted by atomic mass is 10.2. The number of nitriles is 1. The van der Waals surface area contributed by atoms with Gasteiger partial charge in [0.2, 0.25) is 5.91 Å². The van der Waals surface area contributed by atoms with Crippen LogP contribution in [-0.2, 0) is 17.9 Å². The van der Waals surface area contributed by atoms with Gasteiger partial charge < -0.3 is 10.1 Å². The number of carbonyl (C=O) groups is 1. The minimum Gasteiger partial charge on any atom is -0.488 e. The first-order valence-corrected chi connectivity index (χ1v) is 7.74. The lowest BCUT2D eigenvalue weighted by molar-refractivity contribution is -0.120. The standard InChI is InChI=1S/C17H13Cl2FN2O2/c18-12-4-5-16(11(8-12)9-22-17(23)6-7-21)24-10-13-14(19)2-1-3-15(13)20/h1-5,8H,6,9-10H2,(H,22,23). The maximum absolute atomic E-state index is 13.8. The molecule has 0 aromatic heterocycles. The van der Waals surface area contributed by atoms with E-state index in [1.54, 1.807) is 30.3 Å². The molecule has 0 radical (unpaired) electrons. The van der Waals surface area contributed by atoms with Crippen LogP contribution in [0.4, 0.5) is 4.39 Å². The van der Waals surface area contributed by atoms with Crippen LogP contribution in [0.1, 0.15) is 17.5 Å². The van der Waals surface area contributed by atoms with Crippen LogP contribution < -0.4 is 10.1 Å². The van der Waals surface area contributed by atoms with Crippen LogP contribution in [0.15, 0.2) is 36.4 Å². The average molecular weight is 367 g/mol. The molecule has 0 saturated heterocycles. The van der Waals surface area contributed by atoms with Gasteiger partial charge in [0.15, 0.2) is 0 Å². The monoisotopic (exact) mass is 366 g/mol. The molecule has 0 spiro atoms. The number of nitrogens with one attached hydrogen (secondary N) is 1. The Morgan fingerprint density at radius 1 is 1.29 bits per heavy atom. The van der Waals surface area contributed by atoms with E-state index in [-0.39, 0.29) is 30.2 Å². The molecule has 4 nitrogen and oxygen atoms in total. The van der Waals surface area contributed by atoms with Gasteiger partial charge >= 0.3 is 0 Å². The molecule has 2 aromatic carbocycles. The highest BCUT2D eigenvalue weighted by Gasteiger charge is 2.11. The zero-order valence-corrected chi connectivity index (χ0v) is 14.0. The zero-order chi connectivity index (χ0) is 17.5. The highest BCUT2D eigenvalue weighted by molar-refractivity contribution is 6.31. The van der Waals surface area contributed by atoms with Crippen molar-refractivity contribution in [1.29, 1.82) is 5.26 Å². The largest absolute Gasteiger partial charge is 0.488 e. The summed E-state index contributed by atoms with van der Waals surface area (Å²) in [6.07, 6.45) is -0.235. The van der Waals surface area contributed by atoms with Crippen molar-refractivity contribution in [1.82, 2.24) is 5.32 Å². The van der Waals surface area contributed by atoms with E-state index in [0.717, 1.165) is 0 Å². The number of ether oxygens (including phenoxy) is 1. The van der Waals surface area contributed by atoms with Gasteiger partial charge in [-0.25, -0.2) is 4.39 Å². The van der Waals surface area contributed by atoms with E-state index in [1.807, 2.05) is 0 Å². The Bertz CT molecular complexity index is 770. The number of nitrogens with zero attached hydrogens (tertiary/aromatic N) is 1.